The highest BCUT2D eigenvalue weighted by atomic mass is 16.3. The van der Waals surface area contributed by atoms with E-state index in [9.17, 15) is 24.3 Å². The van der Waals surface area contributed by atoms with Crippen LogP contribution >= 0.6 is 0 Å². The van der Waals surface area contributed by atoms with Gasteiger partial charge in [-0.25, -0.2) is 0 Å². The average Bonchev–Trinajstić information content (AvgIpc) is 2.95. The van der Waals surface area contributed by atoms with Gasteiger partial charge in [0.2, 0.25) is 11.8 Å². The summed E-state index contributed by atoms with van der Waals surface area (Å²) in [4.78, 5) is 52.7. The first-order chi connectivity index (χ1) is 14.3. The Morgan fingerprint density at radius 2 is 1.77 bits per heavy atom. The van der Waals surface area contributed by atoms with Crippen molar-refractivity contribution in [3.63, 3.8) is 0 Å². The van der Waals surface area contributed by atoms with Crippen LogP contribution in [-0.4, -0.2) is 40.4 Å². The zero-order chi connectivity index (χ0) is 21.3. The highest BCUT2D eigenvalue weighted by Gasteiger charge is 2.55. The largest absolute Gasteiger partial charge is 0.508 e. The van der Waals surface area contributed by atoms with Crippen molar-refractivity contribution in [2.75, 3.05) is 7.05 Å². The van der Waals surface area contributed by atoms with E-state index in [1.165, 1.54) is 18.0 Å². The Balaban J connectivity index is 1.74. The molecule has 6 nitrogen and oxygen atoms in total. The average molecular weight is 403 g/mol. The normalized spacial score (nSPS) is 30.7. The predicted molar refractivity (Wildman–Crippen MR) is 107 cm³/mol. The third kappa shape index (κ3) is 2.36. The fourth-order valence-electron chi connectivity index (χ4n) is 5.61. The summed E-state index contributed by atoms with van der Waals surface area (Å²) in [7, 11) is 1.50. The monoisotopic (exact) mass is 403 g/mol. The summed E-state index contributed by atoms with van der Waals surface area (Å²) in [5, 5.41) is 10.6. The molecule has 30 heavy (non-hydrogen) atoms. The minimum Gasteiger partial charge on any atom is -0.508 e. The molecule has 1 aromatic carbocycles. The van der Waals surface area contributed by atoms with Crippen molar-refractivity contribution in [2.24, 2.45) is 17.8 Å². The number of aromatic hydroxyl groups is 1. The first-order valence-electron chi connectivity index (χ1n) is 10.1. The zero-order valence-electron chi connectivity index (χ0n) is 16.7. The second-order valence-corrected chi connectivity index (χ2v) is 8.52. The summed E-state index contributed by atoms with van der Waals surface area (Å²) < 4.78 is 0. The summed E-state index contributed by atoms with van der Waals surface area (Å²) in [5.41, 5.74) is 2.56. The van der Waals surface area contributed by atoms with Gasteiger partial charge in [-0.2, -0.15) is 0 Å². The topological polar surface area (TPSA) is 91.8 Å². The van der Waals surface area contributed by atoms with E-state index in [-0.39, 0.29) is 41.5 Å². The number of para-hydroxylation sites is 1. The van der Waals surface area contributed by atoms with Crippen molar-refractivity contribution >= 4 is 23.4 Å². The van der Waals surface area contributed by atoms with E-state index in [4.69, 9.17) is 0 Å². The van der Waals surface area contributed by atoms with Gasteiger partial charge >= 0.3 is 0 Å². The van der Waals surface area contributed by atoms with Gasteiger partial charge in [0.25, 0.3) is 0 Å². The molecule has 152 valence electrons. The Kier molecular flexibility index (Phi) is 3.97. The molecular weight excluding hydrogens is 382 g/mol. The molecule has 2 amide bonds. The molecule has 0 radical (unpaired) electrons. The molecule has 6 heteroatoms. The number of imide groups is 1. The molecule has 1 aromatic rings. The van der Waals surface area contributed by atoms with Gasteiger partial charge in [0, 0.05) is 35.2 Å². The van der Waals surface area contributed by atoms with Crippen LogP contribution in [0.4, 0.5) is 0 Å². The lowest BCUT2D eigenvalue weighted by Crippen LogP contribution is -2.39. The number of amides is 2. The van der Waals surface area contributed by atoms with Crippen molar-refractivity contribution in [2.45, 2.75) is 25.7 Å². The molecule has 0 spiro atoms. The Morgan fingerprint density at radius 3 is 2.50 bits per heavy atom. The van der Waals surface area contributed by atoms with Crippen LogP contribution < -0.4 is 0 Å². The van der Waals surface area contributed by atoms with E-state index in [1.54, 1.807) is 31.2 Å². The summed E-state index contributed by atoms with van der Waals surface area (Å²) in [6.45, 7) is 1.62. The van der Waals surface area contributed by atoms with Crippen molar-refractivity contribution in [3.05, 3.63) is 64.3 Å². The van der Waals surface area contributed by atoms with Crippen LogP contribution in [0.3, 0.4) is 0 Å². The number of nitrogens with zero attached hydrogens (tertiary/aromatic N) is 1. The highest BCUT2D eigenvalue weighted by Crippen LogP contribution is 2.55. The Bertz CT molecular complexity index is 1140. The van der Waals surface area contributed by atoms with Crippen LogP contribution in [0.25, 0.3) is 0 Å². The van der Waals surface area contributed by atoms with Gasteiger partial charge in [-0.05, 0) is 37.8 Å². The maximum Gasteiger partial charge on any atom is 0.233 e. The van der Waals surface area contributed by atoms with Crippen LogP contribution in [-0.2, 0) is 19.2 Å². The molecule has 0 aromatic heterocycles. The van der Waals surface area contributed by atoms with Gasteiger partial charge in [0.1, 0.15) is 5.75 Å². The second kappa shape index (κ2) is 6.36. The summed E-state index contributed by atoms with van der Waals surface area (Å²) in [6, 6.07) is 6.79. The zero-order valence-corrected chi connectivity index (χ0v) is 16.7. The lowest BCUT2D eigenvalue weighted by Gasteiger charge is -2.42. The van der Waals surface area contributed by atoms with Crippen molar-refractivity contribution in [3.8, 4) is 5.75 Å². The lowest BCUT2D eigenvalue weighted by atomic mass is 9.59. The Morgan fingerprint density at radius 1 is 1.03 bits per heavy atom. The molecule has 1 fully saturated rings. The molecule has 0 bridgehead atoms. The maximum atomic E-state index is 13.2. The van der Waals surface area contributed by atoms with E-state index in [0.717, 1.165) is 5.57 Å². The number of benzene rings is 1. The summed E-state index contributed by atoms with van der Waals surface area (Å²) in [6.07, 6.45) is 3.97. The van der Waals surface area contributed by atoms with Crippen LogP contribution in [0.2, 0.25) is 0 Å². The van der Waals surface area contributed by atoms with Gasteiger partial charge in [-0.3, -0.25) is 24.1 Å². The molecule has 1 aliphatic heterocycles. The van der Waals surface area contributed by atoms with E-state index >= 15 is 0 Å². The smallest absolute Gasteiger partial charge is 0.233 e. The molecule has 5 rings (SSSR count). The number of allylic oxidation sites excluding steroid dienone is 6. The maximum absolute atomic E-state index is 13.2. The van der Waals surface area contributed by atoms with Gasteiger partial charge in [0.05, 0.1) is 11.8 Å². The van der Waals surface area contributed by atoms with E-state index in [2.05, 4.69) is 0 Å². The van der Waals surface area contributed by atoms with E-state index in [0.29, 0.717) is 28.7 Å². The number of likely N-dealkylation sites (tertiary alicyclic amines) is 1. The molecular formula is C24H21NO5. The van der Waals surface area contributed by atoms with E-state index < -0.39 is 17.8 Å². The summed E-state index contributed by atoms with van der Waals surface area (Å²) >= 11 is 0. The molecule has 1 saturated heterocycles. The fraction of sp³-hybridized carbons (Fsp3) is 0.333. The number of carbonyl (C=O) groups is 4. The minimum absolute atomic E-state index is 0.0384. The van der Waals surface area contributed by atoms with E-state index in [1.807, 2.05) is 6.08 Å². The number of ketones is 2. The van der Waals surface area contributed by atoms with Crippen LogP contribution in [0.15, 0.2) is 58.7 Å². The standard InChI is InChI=1S/C24H21NO5/c1-11-9-18(27)16-10-15-12(7-8-14-20(15)24(30)25(2)23(14)29)19(21(16)22(11)28)13-5-3-4-6-17(13)26/h3-7,9,14-15,19-20,26H,8,10H2,1-2H3. The first kappa shape index (κ1) is 18.7. The fourth-order valence-corrected chi connectivity index (χ4v) is 5.61. The molecule has 3 aliphatic carbocycles. The van der Waals surface area contributed by atoms with Crippen LogP contribution in [0.1, 0.15) is 31.2 Å². The predicted octanol–water partition coefficient (Wildman–Crippen LogP) is 2.45. The molecule has 4 unspecified atom stereocenters. The first-order valence-corrected chi connectivity index (χ1v) is 10.1. The molecule has 1 heterocycles. The summed E-state index contributed by atoms with van der Waals surface area (Å²) in [5.74, 6) is -2.75. The number of rotatable bonds is 1. The molecule has 0 saturated carbocycles. The van der Waals surface area contributed by atoms with Crippen LogP contribution in [0, 0.1) is 17.8 Å². The van der Waals surface area contributed by atoms with Crippen molar-refractivity contribution < 1.29 is 24.3 Å². The lowest BCUT2D eigenvalue weighted by molar-refractivity contribution is -0.138. The van der Waals surface area contributed by atoms with Gasteiger partial charge in [-0.15, -0.1) is 0 Å². The van der Waals surface area contributed by atoms with Gasteiger partial charge in [-0.1, -0.05) is 29.8 Å². The third-order valence-electron chi connectivity index (χ3n) is 7.03. The minimum atomic E-state index is -0.602. The number of Topliss-reactive ketones (excluding diaryl/α,β-unsaturated/α-hetero) is 1. The molecule has 4 atom stereocenters. The Hall–Kier alpha value is -3.28. The molecule has 1 N–H and O–H groups in total. The number of fused-ring (bicyclic) bond motifs is 3. The van der Waals surface area contributed by atoms with Gasteiger partial charge < -0.3 is 5.11 Å². The number of phenolic OH excluding ortho intramolecular Hbond substituents is 1. The number of phenols is 1. The van der Waals surface area contributed by atoms with Crippen LogP contribution in [0.5, 0.6) is 5.75 Å². The SMILES string of the molecule is CC1=CC(=O)C2=C(C1=O)C(c1ccccc1O)C1=CCC3C(=O)N(C)C(=O)C3C1C2. The molecule has 4 aliphatic rings. The quantitative estimate of drug-likeness (QED) is 0.442. The number of carbonyl (C=O) groups excluding carboxylic acids is 4. The van der Waals surface area contributed by atoms with Gasteiger partial charge in [0.15, 0.2) is 11.6 Å². The Labute approximate surface area is 173 Å². The number of hydrogen-bond donors (Lipinski definition) is 1. The number of hydrogen-bond acceptors (Lipinski definition) is 5. The van der Waals surface area contributed by atoms with Crippen molar-refractivity contribution in [1.29, 1.82) is 0 Å². The highest BCUT2D eigenvalue weighted by molar-refractivity contribution is 6.23. The van der Waals surface area contributed by atoms with Crippen molar-refractivity contribution in [1.82, 2.24) is 4.90 Å². The second-order valence-electron chi connectivity index (χ2n) is 8.52. The third-order valence-corrected chi connectivity index (χ3v) is 7.03.